The largest absolute Gasteiger partial charge is 0.369 e. The minimum Gasteiger partial charge on any atom is -0.369 e. The zero-order valence-electron chi connectivity index (χ0n) is 10.3. The zero-order valence-corrected chi connectivity index (χ0v) is 11.8. The van der Waals surface area contributed by atoms with Crippen LogP contribution in [0, 0.1) is 0 Å². The fraction of sp³-hybridized carbons (Fsp3) is 0.556. The predicted molar refractivity (Wildman–Crippen MR) is 76.3 cm³/mol. The van der Waals surface area contributed by atoms with Gasteiger partial charge in [0.15, 0.2) is 11.9 Å². The van der Waals surface area contributed by atoms with E-state index in [1.54, 1.807) is 5.01 Å². The minimum atomic E-state index is -0.814. The summed E-state index contributed by atoms with van der Waals surface area (Å²) in [4.78, 5) is 23.5. The molecule has 20 heavy (non-hydrogen) atoms. The molecule has 0 fully saturated rings. The summed E-state index contributed by atoms with van der Waals surface area (Å²) >= 11 is 11.3. The predicted octanol–water partition coefficient (Wildman–Crippen LogP) is -0.286. The number of fused-ring (bicyclic) bond motifs is 1. The quantitative estimate of drug-likeness (QED) is 0.411. The number of amidine groups is 1. The van der Waals surface area contributed by atoms with Crippen molar-refractivity contribution in [2.24, 2.45) is 31.0 Å². The summed E-state index contributed by atoms with van der Waals surface area (Å²) in [6.07, 6.45) is 0. The summed E-state index contributed by atoms with van der Waals surface area (Å²) in [5.74, 6) is 0.657. The molecule has 2 heterocycles. The van der Waals surface area contributed by atoms with Crippen LogP contribution in [-0.4, -0.2) is 59.6 Å². The van der Waals surface area contributed by atoms with Gasteiger partial charge >= 0.3 is 0 Å². The fourth-order valence-electron chi connectivity index (χ4n) is 1.52. The van der Waals surface area contributed by atoms with Crippen LogP contribution in [0.1, 0.15) is 0 Å². The number of guanidine groups is 2. The molecule has 0 saturated heterocycles. The van der Waals surface area contributed by atoms with E-state index in [9.17, 15) is 4.79 Å². The van der Waals surface area contributed by atoms with Crippen LogP contribution in [0.5, 0.6) is 0 Å². The standard InChI is InChI=1S/C9H12Cl2N8O/c10-1-3-19(4-2-11)18-17-9-13-5-6(15-9)14-8(12)16-7(5)20/h5H,1-4H2,(H3,12,13,14,15,16,20)/b18-17+. The fourth-order valence-corrected chi connectivity index (χ4v) is 1.91. The molecule has 2 aliphatic rings. The SMILES string of the molecule is NC1=NC2=NC(/N=N/N(CCCl)CCCl)=NC2C(=O)N1. The third kappa shape index (κ3) is 3.42. The molecule has 2 aliphatic heterocycles. The molecule has 1 unspecified atom stereocenters. The molecule has 11 heteroatoms. The van der Waals surface area contributed by atoms with Crippen LogP contribution in [0.15, 0.2) is 25.3 Å². The van der Waals surface area contributed by atoms with Crippen LogP contribution in [0.3, 0.4) is 0 Å². The van der Waals surface area contributed by atoms with Crippen LogP contribution in [0.4, 0.5) is 0 Å². The summed E-state index contributed by atoms with van der Waals surface area (Å²) in [5, 5.41) is 11.7. The molecule has 0 spiro atoms. The minimum absolute atomic E-state index is 0.00991. The average molecular weight is 319 g/mol. The van der Waals surface area contributed by atoms with Gasteiger partial charge in [0.2, 0.25) is 5.96 Å². The average Bonchev–Trinajstić information content (AvgIpc) is 2.79. The molecule has 0 radical (unpaired) electrons. The molecule has 0 aliphatic carbocycles. The van der Waals surface area contributed by atoms with Crippen LogP contribution >= 0.6 is 23.2 Å². The third-order valence-electron chi connectivity index (χ3n) is 2.38. The number of alkyl halides is 2. The summed E-state index contributed by atoms with van der Waals surface area (Å²) in [7, 11) is 0. The summed E-state index contributed by atoms with van der Waals surface area (Å²) in [6, 6.07) is -0.814. The number of carbonyl (C=O) groups is 1. The second kappa shape index (κ2) is 6.62. The van der Waals surface area contributed by atoms with Gasteiger partial charge in [-0.15, -0.1) is 23.2 Å². The van der Waals surface area contributed by atoms with Gasteiger partial charge in [-0.1, -0.05) is 10.3 Å². The maximum absolute atomic E-state index is 11.6. The van der Waals surface area contributed by atoms with Crippen LogP contribution in [0.25, 0.3) is 0 Å². The van der Waals surface area contributed by atoms with Crippen molar-refractivity contribution in [1.29, 1.82) is 0 Å². The first kappa shape index (κ1) is 14.7. The highest BCUT2D eigenvalue weighted by atomic mass is 35.5. The number of carbonyl (C=O) groups excluding carboxylic acids is 1. The number of nitrogens with two attached hydrogens (primary N) is 1. The molecule has 0 aromatic rings. The van der Waals surface area contributed by atoms with Gasteiger partial charge in [-0.25, -0.2) is 4.99 Å². The highest BCUT2D eigenvalue weighted by Gasteiger charge is 2.33. The van der Waals surface area contributed by atoms with Crippen molar-refractivity contribution < 1.29 is 4.79 Å². The van der Waals surface area contributed by atoms with E-state index in [0.29, 0.717) is 24.8 Å². The maximum Gasteiger partial charge on any atom is 0.269 e. The van der Waals surface area contributed by atoms with E-state index >= 15 is 0 Å². The maximum atomic E-state index is 11.6. The first-order valence-corrected chi connectivity index (χ1v) is 6.81. The molecule has 3 N–H and O–H groups in total. The van der Waals surface area contributed by atoms with Gasteiger partial charge in [-0.05, 0) is 0 Å². The lowest BCUT2D eigenvalue weighted by atomic mass is 10.2. The van der Waals surface area contributed by atoms with Gasteiger partial charge in [0.1, 0.15) is 0 Å². The third-order valence-corrected chi connectivity index (χ3v) is 2.72. The number of hydrogen-bond donors (Lipinski definition) is 2. The van der Waals surface area contributed by atoms with E-state index in [-0.39, 0.29) is 23.7 Å². The number of amides is 1. The van der Waals surface area contributed by atoms with Crippen molar-refractivity contribution in [2.45, 2.75) is 6.04 Å². The Morgan fingerprint density at radius 3 is 2.65 bits per heavy atom. The Hall–Kier alpha value is -1.74. The highest BCUT2D eigenvalue weighted by molar-refractivity contribution is 6.24. The highest BCUT2D eigenvalue weighted by Crippen LogP contribution is 2.11. The van der Waals surface area contributed by atoms with E-state index < -0.39 is 6.04 Å². The molecule has 9 nitrogen and oxygen atoms in total. The van der Waals surface area contributed by atoms with Gasteiger partial charge < -0.3 is 5.73 Å². The summed E-state index contributed by atoms with van der Waals surface area (Å²) in [6.45, 7) is 0.993. The van der Waals surface area contributed by atoms with Gasteiger partial charge in [-0.2, -0.15) is 9.98 Å². The van der Waals surface area contributed by atoms with Crippen molar-refractivity contribution in [3.05, 3.63) is 0 Å². The molecular formula is C9H12Cl2N8O. The number of rotatable bonds is 5. The molecule has 0 aromatic carbocycles. The first-order valence-electron chi connectivity index (χ1n) is 5.74. The van der Waals surface area contributed by atoms with E-state index in [2.05, 4.69) is 30.6 Å². The van der Waals surface area contributed by atoms with Crippen molar-refractivity contribution in [3.8, 4) is 0 Å². The Morgan fingerprint density at radius 2 is 2.00 bits per heavy atom. The molecule has 0 saturated carbocycles. The Labute approximate surface area is 124 Å². The second-order valence-electron chi connectivity index (χ2n) is 3.81. The van der Waals surface area contributed by atoms with E-state index in [4.69, 9.17) is 28.9 Å². The van der Waals surface area contributed by atoms with Gasteiger partial charge in [-0.3, -0.25) is 15.1 Å². The van der Waals surface area contributed by atoms with Gasteiger partial charge in [0, 0.05) is 11.8 Å². The molecular weight excluding hydrogens is 307 g/mol. The first-order chi connectivity index (χ1) is 9.63. The van der Waals surface area contributed by atoms with E-state index in [1.165, 1.54) is 0 Å². The molecule has 108 valence electrons. The lowest BCUT2D eigenvalue weighted by molar-refractivity contribution is -0.119. The summed E-state index contributed by atoms with van der Waals surface area (Å²) in [5.41, 5.74) is 5.42. The molecule has 1 amide bonds. The number of hydrogen-bond acceptors (Lipinski definition) is 7. The Balaban J connectivity index is 2.08. The van der Waals surface area contributed by atoms with E-state index in [1.807, 2.05) is 0 Å². The van der Waals surface area contributed by atoms with Crippen molar-refractivity contribution in [1.82, 2.24) is 10.3 Å². The lowest BCUT2D eigenvalue weighted by Gasteiger charge is -2.13. The van der Waals surface area contributed by atoms with Crippen molar-refractivity contribution in [3.63, 3.8) is 0 Å². The normalized spacial score (nSPS) is 21.2. The Morgan fingerprint density at radius 1 is 1.30 bits per heavy atom. The lowest BCUT2D eigenvalue weighted by Crippen LogP contribution is -2.49. The number of nitrogens with zero attached hydrogens (tertiary/aromatic N) is 6. The number of nitrogens with one attached hydrogen (secondary N) is 1. The van der Waals surface area contributed by atoms with Gasteiger partial charge in [0.05, 0.1) is 13.1 Å². The number of aliphatic imine (C=N–C) groups is 3. The summed E-state index contributed by atoms with van der Waals surface area (Å²) < 4.78 is 0. The molecule has 0 bridgehead atoms. The van der Waals surface area contributed by atoms with Gasteiger partial charge in [0.25, 0.3) is 11.9 Å². The van der Waals surface area contributed by atoms with Crippen LogP contribution in [-0.2, 0) is 4.79 Å². The topological polar surface area (TPSA) is 120 Å². The van der Waals surface area contributed by atoms with Crippen molar-refractivity contribution in [2.75, 3.05) is 24.8 Å². The van der Waals surface area contributed by atoms with Crippen LogP contribution in [0.2, 0.25) is 0 Å². The van der Waals surface area contributed by atoms with Crippen LogP contribution < -0.4 is 11.1 Å². The van der Waals surface area contributed by atoms with Crippen molar-refractivity contribution >= 4 is 46.9 Å². The Bertz CT molecular complexity index is 508. The molecule has 1 atom stereocenters. The Kier molecular flexibility index (Phi) is 4.85. The zero-order chi connectivity index (χ0) is 14.5. The number of halogens is 2. The van der Waals surface area contributed by atoms with E-state index in [0.717, 1.165) is 0 Å². The molecule has 0 aromatic heterocycles. The monoisotopic (exact) mass is 318 g/mol. The molecule has 2 rings (SSSR count). The smallest absolute Gasteiger partial charge is 0.269 e. The second-order valence-corrected chi connectivity index (χ2v) is 4.56.